The first-order valence-electron chi connectivity index (χ1n) is 16.9. The fourth-order valence-corrected chi connectivity index (χ4v) is 7.18. The standard InChI is InChI=1S/C36H40ClF3N4O11/c1-18-8-7-9-27(52-6)35(48)17-26(53-33(47)42-35)19(2)31-34(3,55-31)28(16-29(45)43(4)24-13-20(12-18)14-25(51-5)30(24)37)54-32(46)41-23-11-10-21(44(49)50)15-22(23)36(38,39)40/h7-11,13-15,19,26-28,31,48H,12,16-17H2,1-6H3,(H,41,46)(H,42,47)/b9-7+,18-8+/t19-,26+,27-,28+,31+,34+,35+/m1/s1. The molecule has 7 atom stereocenters. The van der Waals surface area contributed by atoms with Gasteiger partial charge in [-0.2, -0.15) is 13.2 Å². The van der Waals surface area contributed by atoms with Crippen molar-refractivity contribution in [3.63, 3.8) is 0 Å². The van der Waals surface area contributed by atoms with Gasteiger partial charge in [-0.3, -0.25) is 25.5 Å². The van der Waals surface area contributed by atoms with Crippen LogP contribution in [0.2, 0.25) is 5.02 Å². The molecule has 0 radical (unpaired) electrons. The summed E-state index contributed by atoms with van der Waals surface area (Å²) in [6, 6.07) is 5.12. The summed E-state index contributed by atoms with van der Waals surface area (Å²) >= 11 is 6.67. The zero-order chi connectivity index (χ0) is 40.6. The van der Waals surface area contributed by atoms with Gasteiger partial charge in [-0.25, -0.2) is 9.59 Å². The summed E-state index contributed by atoms with van der Waals surface area (Å²) in [5, 5.41) is 27.4. The Labute approximate surface area is 318 Å². The van der Waals surface area contributed by atoms with E-state index in [0.717, 1.165) is 11.6 Å². The molecular formula is C36H40ClF3N4O11. The van der Waals surface area contributed by atoms with Crippen LogP contribution in [0.1, 0.15) is 44.7 Å². The molecule has 3 aliphatic rings. The van der Waals surface area contributed by atoms with Gasteiger partial charge in [-0.05, 0) is 44.0 Å². The molecule has 3 N–H and O–H groups in total. The number of fused-ring (bicyclic) bond motifs is 5. The quantitative estimate of drug-likeness (QED) is 0.175. The molecule has 19 heteroatoms. The van der Waals surface area contributed by atoms with Gasteiger partial charge in [0.25, 0.3) is 5.69 Å². The third-order valence-electron chi connectivity index (χ3n) is 9.96. The van der Waals surface area contributed by atoms with Gasteiger partial charge in [0.15, 0.2) is 5.72 Å². The van der Waals surface area contributed by atoms with E-state index in [1.54, 1.807) is 37.3 Å². The molecular weight excluding hydrogens is 757 g/mol. The predicted octanol–water partition coefficient (Wildman–Crippen LogP) is 6.30. The minimum atomic E-state index is -5.10. The van der Waals surface area contributed by atoms with E-state index in [1.165, 1.54) is 33.1 Å². The van der Waals surface area contributed by atoms with Gasteiger partial charge in [-0.15, -0.1) is 0 Å². The number of epoxide rings is 1. The fraction of sp³-hybridized carbons (Fsp3) is 0.472. The average molecular weight is 797 g/mol. The molecule has 0 spiro atoms. The second-order valence-electron chi connectivity index (χ2n) is 13.8. The lowest BCUT2D eigenvalue weighted by Crippen LogP contribution is -2.63. The number of carbonyl (C=O) groups excluding carboxylic acids is 3. The van der Waals surface area contributed by atoms with Crippen LogP contribution in [0.15, 0.2) is 54.1 Å². The number of non-ortho nitro benzene ring substituents is 1. The number of anilines is 2. The highest BCUT2D eigenvalue weighted by atomic mass is 35.5. The number of benzene rings is 2. The molecule has 298 valence electrons. The topological polar surface area (TPSA) is 191 Å². The number of carbonyl (C=O) groups is 3. The molecule has 0 aliphatic carbocycles. The first-order valence-corrected chi connectivity index (χ1v) is 17.3. The smallest absolute Gasteiger partial charge is 0.418 e. The molecule has 0 aromatic heterocycles. The number of hydrogen-bond acceptors (Lipinski definition) is 11. The number of nitrogens with one attached hydrogen (secondary N) is 2. The van der Waals surface area contributed by atoms with Crippen molar-refractivity contribution in [2.24, 2.45) is 5.92 Å². The molecule has 3 amide bonds. The molecule has 15 nitrogen and oxygen atoms in total. The number of hydrogen-bond donors (Lipinski definition) is 3. The number of alkyl halides is 3. The largest absolute Gasteiger partial charge is 0.495 e. The summed E-state index contributed by atoms with van der Waals surface area (Å²) in [7, 11) is 4.19. The molecule has 0 saturated carbocycles. The van der Waals surface area contributed by atoms with E-state index in [-0.39, 0.29) is 28.9 Å². The van der Waals surface area contributed by atoms with E-state index < -0.39 is 94.2 Å². The van der Waals surface area contributed by atoms with Crippen molar-refractivity contribution in [1.82, 2.24) is 5.32 Å². The Kier molecular flexibility index (Phi) is 11.8. The van der Waals surface area contributed by atoms with Crippen molar-refractivity contribution in [2.45, 2.75) is 82.0 Å². The summed E-state index contributed by atoms with van der Waals surface area (Å²) in [4.78, 5) is 51.6. The predicted molar refractivity (Wildman–Crippen MR) is 191 cm³/mol. The maximum atomic E-state index is 14.0. The third-order valence-corrected chi connectivity index (χ3v) is 10.3. The van der Waals surface area contributed by atoms with E-state index >= 15 is 0 Å². The second-order valence-corrected chi connectivity index (χ2v) is 14.2. The van der Waals surface area contributed by atoms with Crippen molar-refractivity contribution in [3.8, 4) is 5.75 Å². The second kappa shape index (κ2) is 15.7. The van der Waals surface area contributed by atoms with E-state index in [9.17, 15) is 42.8 Å². The number of alkyl carbamates (subject to hydrolysis) is 1. The van der Waals surface area contributed by atoms with Crippen LogP contribution in [0.5, 0.6) is 5.75 Å². The normalized spacial score (nSPS) is 30.1. The SMILES string of the molecule is COc1cc2cc(c1Cl)N(C)C(=O)C[C@H](OC(=O)Nc1ccc([N+](=O)[O-])cc1C(F)(F)F)[C@]1(C)O[C@H]1[C@H](C)[C@@H]1C[C@@](O)(NC(=O)O1)[C@H](OC)/C=C/C=C(\C)C2. The maximum absolute atomic E-state index is 14.0. The minimum Gasteiger partial charge on any atom is -0.495 e. The van der Waals surface area contributed by atoms with Crippen molar-refractivity contribution < 1.29 is 61.3 Å². The zero-order valence-electron chi connectivity index (χ0n) is 30.6. The number of halogens is 4. The summed E-state index contributed by atoms with van der Waals surface area (Å²) in [6.07, 6.45) is -7.26. The van der Waals surface area contributed by atoms with Gasteiger partial charge >= 0.3 is 18.4 Å². The van der Waals surface area contributed by atoms with Crippen LogP contribution in [-0.4, -0.2) is 85.1 Å². The molecule has 2 saturated heterocycles. The van der Waals surface area contributed by atoms with E-state index in [4.69, 9.17) is 35.3 Å². The van der Waals surface area contributed by atoms with Gasteiger partial charge in [-0.1, -0.05) is 42.3 Å². The van der Waals surface area contributed by atoms with E-state index in [1.807, 2.05) is 12.2 Å². The lowest BCUT2D eigenvalue weighted by atomic mass is 9.83. The van der Waals surface area contributed by atoms with Gasteiger partial charge in [0.1, 0.15) is 34.7 Å². The van der Waals surface area contributed by atoms with Crippen molar-refractivity contribution >= 4 is 46.8 Å². The Morgan fingerprint density at radius 3 is 2.56 bits per heavy atom. The molecule has 55 heavy (non-hydrogen) atoms. The zero-order valence-corrected chi connectivity index (χ0v) is 31.3. The van der Waals surface area contributed by atoms with Crippen LogP contribution < -0.4 is 20.3 Å². The first kappa shape index (κ1) is 41.3. The molecule has 0 unspecified atom stereocenters. The van der Waals surface area contributed by atoms with Crippen LogP contribution in [0.25, 0.3) is 0 Å². The van der Waals surface area contributed by atoms with Crippen molar-refractivity contribution in [2.75, 3.05) is 31.5 Å². The molecule has 4 bridgehead atoms. The number of rotatable bonds is 5. The lowest BCUT2D eigenvalue weighted by Gasteiger charge is -2.42. The Morgan fingerprint density at radius 2 is 1.93 bits per heavy atom. The van der Waals surface area contributed by atoms with Crippen LogP contribution in [-0.2, 0) is 36.3 Å². The number of allylic oxidation sites excluding steroid dienone is 3. The van der Waals surface area contributed by atoms with Gasteiger partial charge < -0.3 is 33.7 Å². The number of aliphatic hydroxyl groups is 1. The molecule has 2 aromatic rings. The van der Waals surface area contributed by atoms with E-state index in [0.29, 0.717) is 18.1 Å². The highest BCUT2D eigenvalue weighted by molar-refractivity contribution is 6.35. The summed E-state index contributed by atoms with van der Waals surface area (Å²) in [5.74, 6) is -1.10. The van der Waals surface area contributed by atoms with Crippen LogP contribution in [0.3, 0.4) is 0 Å². The Balaban J connectivity index is 1.55. The third kappa shape index (κ3) is 8.82. The number of nitro groups is 1. The van der Waals surface area contributed by atoms with Crippen LogP contribution >= 0.6 is 11.6 Å². The molecule has 2 aromatic carbocycles. The molecule has 3 heterocycles. The van der Waals surface area contributed by atoms with Crippen LogP contribution in [0.4, 0.5) is 39.8 Å². The van der Waals surface area contributed by atoms with Gasteiger partial charge in [0, 0.05) is 38.6 Å². The molecule has 2 fully saturated rings. The number of nitrogens with zero attached hydrogens (tertiary/aromatic N) is 2. The van der Waals surface area contributed by atoms with Gasteiger partial charge in [0.2, 0.25) is 5.91 Å². The monoisotopic (exact) mass is 796 g/mol. The van der Waals surface area contributed by atoms with Crippen LogP contribution in [0, 0.1) is 16.0 Å². The number of amides is 3. The van der Waals surface area contributed by atoms with Crippen molar-refractivity contribution in [3.05, 3.63) is 80.4 Å². The number of methoxy groups -OCH3 is 2. The first-order chi connectivity index (χ1) is 25.7. The molecule has 5 rings (SSSR count). The van der Waals surface area contributed by atoms with E-state index in [2.05, 4.69) is 5.32 Å². The maximum Gasteiger partial charge on any atom is 0.418 e. The highest BCUT2D eigenvalue weighted by Crippen LogP contribution is 2.49. The fourth-order valence-electron chi connectivity index (χ4n) is 6.86. The summed E-state index contributed by atoms with van der Waals surface area (Å²) in [6.45, 7) is 5.01. The summed E-state index contributed by atoms with van der Waals surface area (Å²) < 4.78 is 70.1. The Morgan fingerprint density at radius 1 is 1.22 bits per heavy atom. The van der Waals surface area contributed by atoms with Gasteiger partial charge in [0.05, 0.1) is 41.5 Å². The number of ether oxygens (including phenoxy) is 5. The minimum absolute atomic E-state index is 0.0979. The lowest BCUT2D eigenvalue weighted by molar-refractivity contribution is -0.385. The Bertz CT molecular complexity index is 1930. The average Bonchev–Trinajstić information content (AvgIpc) is 3.80. The Hall–Kier alpha value is -4.91. The summed E-state index contributed by atoms with van der Waals surface area (Å²) in [5.41, 5.74) is -4.85. The van der Waals surface area contributed by atoms with Crippen molar-refractivity contribution in [1.29, 1.82) is 0 Å². The number of nitro benzene ring substituents is 1. The molecule has 3 aliphatic heterocycles. The highest BCUT2D eigenvalue weighted by Gasteiger charge is 2.64.